The number of aromatic amines is 3. The molecular formula is C23H13N11O2. The highest BCUT2D eigenvalue weighted by atomic mass is 16.3. The summed E-state index contributed by atoms with van der Waals surface area (Å²) in [6.45, 7) is 0. The number of H-pyrrole nitrogens is 3. The van der Waals surface area contributed by atoms with Crippen molar-refractivity contribution in [3.05, 3.63) is 61.4 Å². The fourth-order valence-electron chi connectivity index (χ4n) is 4.35. The minimum Gasteiger partial charge on any atom is -0.451 e. The molecule has 0 aliphatic carbocycles. The van der Waals surface area contributed by atoms with Gasteiger partial charge in [0, 0.05) is 35.3 Å². The van der Waals surface area contributed by atoms with E-state index in [0.29, 0.717) is 56.3 Å². The lowest BCUT2D eigenvalue weighted by Crippen LogP contribution is -2.03. The van der Waals surface area contributed by atoms with E-state index in [1.165, 1.54) is 19.0 Å². The lowest BCUT2D eigenvalue weighted by atomic mass is 10.3. The lowest BCUT2D eigenvalue weighted by molar-refractivity contribution is 0.666. The van der Waals surface area contributed by atoms with E-state index >= 15 is 0 Å². The van der Waals surface area contributed by atoms with Gasteiger partial charge in [0.2, 0.25) is 0 Å². The maximum atomic E-state index is 5.82. The van der Waals surface area contributed by atoms with Gasteiger partial charge in [-0.15, -0.1) is 0 Å². The van der Waals surface area contributed by atoms with Crippen molar-refractivity contribution in [3.8, 4) is 0 Å². The Morgan fingerprint density at radius 3 is 2.25 bits per heavy atom. The van der Waals surface area contributed by atoms with E-state index in [0.717, 1.165) is 21.8 Å². The second kappa shape index (κ2) is 6.96. The number of aromatic nitrogens is 9. The summed E-state index contributed by atoms with van der Waals surface area (Å²) in [6.07, 6.45) is 11.4. The van der Waals surface area contributed by atoms with Gasteiger partial charge in [-0.25, -0.2) is 34.9 Å². The normalized spacial score (nSPS) is 12.6. The van der Waals surface area contributed by atoms with Gasteiger partial charge < -0.3 is 29.1 Å². The summed E-state index contributed by atoms with van der Waals surface area (Å²) >= 11 is 0. The number of furan rings is 2. The average molecular weight is 475 g/mol. The molecule has 0 unspecified atom stereocenters. The summed E-state index contributed by atoms with van der Waals surface area (Å²) in [5, 5.41) is 4.90. The first-order valence-corrected chi connectivity index (χ1v) is 10.9. The zero-order valence-corrected chi connectivity index (χ0v) is 18.1. The van der Waals surface area contributed by atoms with Gasteiger partial charge in [0.25, 0.3) is 0 Å². The fraction of sp³-hybridized carbons (Fsp3) is 0. The predicted octanol–water partition coefficient (Wildman–Crippen LogP) is 3.97. The number of anilines is 2. The Morgan fingerprint density at radius 2 is 1.44 bits per heavy atom. The molecule has 0 aliphatic heterocycles. The molecule has 4 N–H and O–H groups in total. The number of hydrogen-bond acceptors (Lipinski definition) is 10. The first kappa shape index (κ1) is 18.8. The van der Waals surface area contributed by atoms with Crippen molar-refractivity contribution in [2.45, 2.75) is 0 Å². The summed E-state index contributed by atoms with van der Waals surface area (Å²) in [6, 6.07) is 3.66. The number of fused-ring (bicyclic) bond motifs is 7. The highest BCUT2D eigenvalue weighted by Gasteiger charge is 2.14. The van der Waals surface area contributed by atoms with E-state index in [2.05, 4.69) is 50.2 Å². The molecule has 0 spiro atoms. The SMILES string of the molecule is c1nc(Nc2cc3oc4cncnc4c3[nH]2)c2c[nH]cc2/c(=N/c2cc3oc4cncnc4c3[nH]2)n1. The van der Waals surface area contributed by atoms with Crippen molar-refractivity contribution in [2.75, 3.05) is 5.32 Å². The molecule has 13 heteroatoms. The summed E-state index contributed by atoms with van der Waals surface area (Å²) < 4.78 is 11.6. The van der Waals surface area contributed by atoms with Crippen LogP contribution in [0, 0.1) is 0 Å². The molecule has 0 radical (unpaired) electrons. The fourth-order valence-corrected chi connectivity index (χ4v) is 4.35. The first-order valence-electron chi connectivity index (χ1n) is 10.9. The van der Waals surface area contributed by atoms with Crippen molar-refractivity contribution in [1.82, 2.24) is 44.9 Å². The zero-order chi connectivity index (χ0) is 23.6. The standard InChI is InChI=1S/C23H13N11O2/c1-12-20(18-14(35-12)5-25-7-27-18)31-16(1)33-22-10-3-24-4-11(10)23(30-9-29-22)34-17-2-13-21(32-17)19-15(36-13)6-26-8-28-19/h1-9,24,31-32H,(H,29,30,33,34). The molecule has 0 fully saturated rings. The van der Waals surface area contributed by atoms with Crippen LogP contribution in [0.15, 0.2) is 69.7 Å². The van der Waals surface area contributed by atoms with Crippen LogP contribution in [0.3, 0.4) is 0 Å². The molecule has 36 heavy (non-hydrogen) atoms. The Morgan fingerprint density at radius 1 is 0.722 bits per heavy atom. The Kier molecular flexibility index (Phi) is 3.63. The van der Waals surface area contributed by atoms with E-state index in [-0.39, 0.29) is 0 Å². The molecule has 8 aromatic rings. The number of nitrogens with zero attached hydrogens (tertiary/aromatic N) is 7. The lowest BCUT2D eigenvalue weighted by Gasteiger charge is -2.01. The van der Waals surface area contributed by atoms with Crippen LogP contribution in [0.5, 0.6) is 0 Å². The number of nitrogens with one attached hydrogen (secondary N) is 4. The van der Waals surface area contributed by atoms with Crippen LogP contribution in [0.25, 0.3) is 55.2 Å². The molecule has 172 valence electrons. The van der Waals surface area contributed by atoms with Gasteiger partial charge in [-0.3, -0.25) is 0 Å². The molecule has 0 amide bonds. The molecule has 8 heterocycles. The molecule has 0 bridgehead atoms. The smallest absolute Gasteiger partial charge is 0.173 e. The Labute approximate surface area is 198 Å². The highest BCUT2D eigenvalue weighted by Crippen LogP contribution is 2.31. The minimum absolute atomic E-state index is 0.484. The highest BCUT2D eigenvalue weighted by molar-refractivity contribution is 6.02. The Hall–Kier alpha value is -5.59. The van der Waals surface area contributed by atoms with Crippen LogP contribution in [0.4, 0.5) is 17.5 Å². The molecule has 8 rings (SSSR count). The second-order valence-electron chi connectivity index (χ2n) is 8.06. The maximum Gasteiger partial charge on any atom is 0.173 e. The molecule has 0 aliphatic rings. The minimum atomic E-state index is 0.484. The summed E-state index contributed by atoms with van der Waals surface area (Å²) in [7, 11) is 0. The first-order chi connectivity index (χ1) is 17.8. The Balaban J connectivity index is 1.22. The topological polar surface area (TPSA) is 175 Å². The predicted molar refractivity (Wildman–Crippen MR) is 130 cm³/mol. The molecule has 0 aromatic carbocycles. The van der Waals surface area contributed by atoms with Gasteiger partial charge in [-0.1, -0.05) is 0 Å². The third-order valence-corrected chi connectivity index (χ3v) is 5.91. The van der Waals surface area contributed by atoms with Crippen LogP contribution in [-0.4, -0.2) is 44.9 Å². The van der Waals surface area contributed by atoms with Gasteiger partial charge in [-0.2, -0.15) is 0 Å². The zero-order valence-electron chi connectivity index (χ0n) is 18.1. The van der Waals surface area contributed by atoms with Crippen LogP contribution >= 0.6 is 0 Å². The summed E-state index contributed by atoms with van der Waals surface area (Å²) in [5.41, 5.74) is 5.97. The maximum absolute atomic E-state index is 5.82. The average Bonchev–Trinajstić information content (AvgIpc) is 3.68. The monoisotopic (exact) mass is 475 g/mol. The van der Waals surface area contributed by atoms with E-state index < -0.39 is 0 Å². The number of hydrogen-bond donors (Lipinski definition) is 4. The van der Waals surface area contributed by atoms with Gasteiger partial charge in [-0.05, 0) is 0 Å². The van der Waals surface area contributed by atoms with Crippen LogP contribution in [0.2, 0.25) is 0 Å². The second-order valence-corrected chi connectivity index (χ2v) is 8.06. The third-order valence-electron chi connectivity index (χ3n) is 5.91. The quantitative estimate of drug-likeness (QED) is 0.294. The van der Waals surface area contributed by atoms with Crippen molar-refractivity contribution < 1.29 is 8.83 Å². The molecule has 0 atom stereocenters. The van der Waals surface area contributed by atoms with Crippen molar-refractivity contribution in [1.29, 1.82) is 0 Å². The summed E-state index contributed by atoms with van der Waals surface area (Å²) in [5.74, 6) is 1.87. The molecule has 0 saturated carbocycles. The van der Waals surface area contributed by atoms with Gasteiger partial charge in [0.05, 0.1) is 12.4 Å². The molecular weight excluding hydrogens is 462 g/mol. The molecule has 0 saturated heterocycles. The van der Waals surface area contributed by atoms with Crippen LogP contribution < -0.4 is 10.8 Å². The summed E-state index contributed by atoms with van der Waals surface area (Å²) in [4.78, 5) is 39.9. The van der Waals surface area contributed by atoms with E-state index in [1.54, 1.807) is 18.5 Å². The van der Waals surface area contributed by atoms with Gasteiger partial charge in [0.15, 0.2) is 27.8 Å². The molecule has 13 nitrogen and oxygen atoms in total. The van der Waals surface area contributed by atoms with E-state index in [4.69, 9.17) is 13.8 Å². The van der Waals surface area contributed by atoms with E-state index in [9.17, 15) is 0 Å². The van der Waals surface area contributed by atoms with Crippen molar-refractivity contribution in [2.24, 2.45) is 4.99 Å². The van der Waals surface area contributed by atoms with Gasteiger partial charge in [0.1, 0.15) is 58.5 Å². The third kappa shape index (κ3) is 2.73. The largest absolute Gasteiger partial charge is 0.451 e. The molecule has 8 aromatic heterocycles. The van der Waals surface area contributed by atoms with Crippen molar-refractivity contribution in [3.63, 3.8) is 0 Å². The Bertz CT molecular complexity index is 2160. The van der Waals surface area contributed by atoms with E-state index in [1.807, 2.05) is 18.5 Å². The van der Waals surface area contributed by atoms with Crippen LogP contribution in [0.1, 0.15) is 0 Å². The van der Waals surface area contributed by atoms with Gasteiger partial charge >= 0.3 is 0 Å². The number of rotatable bonds is 3. The van der Waals surface area contributed by atoms with Crippen LogP contribution in [-0.2, 0) is 0 Å². The van der Waals surface area contributed by atoms with Crippen molar-refractivity contribution >= 4 is 72.6 Å².